The highest BCUT2D eigenvalue weighted by Gasteiger charge is 2.13. The summed E-state index contributed by atoms with van der Waals surface area (Å²) in [5.74, 6) is -0.165. The SMILES string of the molecule is Fc1cccc(-c2cc3c(s2)CNCC3)c1. The van der Waals surface area contributed by atoms with Crippen LogP contribution in [0.5, 0.6) is 0 Å². The second kappa shape index (κ2) is 4.00. The highest BCUT2D eigenvalue weighted by molar-refractivity contribution is 7.15. The van der Waals surface area contributed by atoms with E-state index in [9.17, 15) is 4.39 Å². The molecule has 2 heterocycles. The van der Waals surface area contributed by atoms with Crippen molar-refractivity contribution in [3.63, 3.8) is 0 Å². The molecule has 0 saturated carbocycles. The van der Waals surface area contributed by atoms with E-state index in [-0.39, 0.29) is 5.82 Å². The topological polar surface area (TPSA) is 12.0 Å². The predicted molar refractivity (Wildman–Crippen MR) is 65.1 cm³/mol. The van der Waals surface area contributed by atoms with Gasteiger partial charge in [-0.1, -0.05) is 12.1 Å². The normalized spacial score (nSPS) is 14.8. The molecule has 0 atom stereocenters. The molecule has 3 rings (SSSR count). The van der Waals surface area contributed by atoms with E-state index in [1.807, 2.05) is 6.07 Å². The van der Waals surface area contributed by atoms with E-state index in [0.29, 0.717) is 0 Å². The number of rotatable bonds is 1. The van der Waals surface area contributed by atoms with Crippen LogP contribution in [0.15, 0.2) is 30.3 Å². The number of hydrogen-bond acceptors (Lipinski definition) is 2. The van der Waals surface area contributed by atoms with Gasteiger partial charge in [0.05, 0.1) is 0 Å². The second-order valence-electron chi connectivity index (χ2n) is 4.00. The first kappa shape index (κ1) is 10.00. The van der Waals surface area contributed by atoms with E-state index in [4.69, 9.17) is 0 Å². The van der Waals surface area contributed by atoms with Gasteiger partial charge >= 0.3 is 0 Å². The fraction of sp³-hybridized carbons (Fsp3) is 0.231. The van der Waals surface area contributed by atoms with E-state index in [1.165, 1.54) is 21.4 Å². The quantitative estimate of drug-likeness (QED) is 0.797. The Kier molecular flexibility index (Phi) is 2.50. The van der Waals surface area contributed by atoms with Crippen molar-refractivity contribution in [1.29, 1.82) is 0 Å². The molecule has 82 valence electrons. The third-order valence-electron chi connectivity index (χ3n) is 2.86. The summed E-state index contributed by atoms with van der Waals surface area (Å²) in [5.41, 5.74) is 2.41. The molecular formula is C13H12FNS. The standard InChI is InChI=1S/C13H12FNS/c14-11-3-1-2-9(6-11)12-7-10-4-5-15-8-13(10)16-12/h1-3,6-7,15H,4-5,8H2. The van der Waals surface area contributed by atoms with Crippen LogP contribution in [0.1, 0.15) is 10.4 Å². The first-order valence-electron chi connectivity index (χ1n) is 5.41. The molecule has 0 fully saturated rings. The largest absolute Gasteiger partial charge is 0.312 e. The number of benzene rings is 1. The minimum Gasteiger partial charge on any atom is -0.312 e. The number of fused-ring (bicyclic) bond motifs is 1. The van der Waals surface area contributed by atoms with Gasteiger partial charge in [0.25, 0.3) is 0 Å². The summed E-state index contributed by atoms with van der Waals surface area (Å²) in [7, 11) is 0. The van der Waals surface area contributed by atoms with Gasteiger partial charge in [-0.2, -0.15) is 0 Å². The molecule has 0 radical (unpaired) electrons. The molecule has 1 N–H and O–H groups in total. The maximum atomic E-state index is 13.1. The molecule has 16 heavy (non-hydrogen) atoms. The predicted octanol–water partition coefficient (Wildman–Crippen LogP) is 3.20. The minimum absolute atomic E-state index is 0.165. The van der Waals surface area contributed by atoms with Gasteiger partial charge in [-0.25, -0.2) is 4.39 Å². The van der Waals surface area contributed by atoms with Crippen molar-refractivity contribution in [1.82, 2.24) is 5.32 Å². The van der Waals surface area contributed by atoms with Gasteiger partial charge in [0.15, 0.2) is 0 Å². The van der Waals surface area contributed by atoms with Crippen molar-refractivity contribution in [2.24, 2.45) is 0 Å². The summed E-state index contributed by atoms with van der Waals surface area (Å²) in [6, 6.07) is 9.02. The monoisotopic (exact) mass is 233 g/mol. The van der Waals surface area contributed by atoms with E-state index in [1.54, 1.807) is 23.5 Å². The molecule has 0 spiro atoms. The van der Waals surface area contributed by atoms with Gasteiger partial charge in [-0.15, -0.1) is 11.3 Å². The molecule has 1 aliphatic heterocycles. The third-order valence-corrected chi connectivity index (χ3v) is 4.09. The average Bonchev–Trinajstić information content (AvgIpc) is 2.72. The zero-order valence-corrected chi connectivity index (χ0v) is 9.61. The van der Waals surface area contributed by atoms with Crippen LogP contribution in [-0.2, 0) is 13.0 Å². The minimum atomic E-state index is -0.165. The molecule has 1 aromatic carbocycles. The summed E-state index contributed by atoms with van der Waals surface area (Å²) in [6.45, 7) is 2.00. The Hall–Kier alpha value is -1.19. The zero-order chi connectivity index (χ0) is 11.0. The molecule has 1 aromatic heterocycles. The second-order valence-corrected chi connectivity index (χ2v) is 5.13. The van der Waals surface area contributed by atoms with E-state index in [0.717, 1.165) is 25.1 Å². The summed E-state index contributed by atoms with van der Waals surface area (Å²) in [4.78, 5) is 2.57. The van der Waals surface area contributed by atoms with Crippen molar-refractivity contribution < 1.29 is 4.39 Å². The molecule has 2 aromatic rings. The Morgan fingerprint density at radius 1 is 1.25 bits per heavy atom. The van der Waals surface area contributed by atoms with Crippen LogP contribution < -0.4 is 5.32 Å². The smallest absolute Gasteiger partial charge is 0.123 e. The van der Waals surface area contributed by atoms with Crippen molar-refractivity contribution in [2.45, 2.75) is 13.0 Å². The first-order chi connectivity index (χ1) is 7.83. The third kappa shape index (κ3) is 1.77. The number of thiophene rings is 1. The van der Waals surface area contributed by atoms with Gasteiger partial charge in [0.2, 0.25) is 0 Å². The Morgan fingerprint density at radius 2 is 2.19 bits per heavy atom. The Bertz CT molecular complexity index is 495. The Labute approximate surface area is 97.9 Å². The van der Waals surface area contributed by atoms with E-state index in [2.05, 4.69) is 11.4 Å². The van der Waals surface area contributed by atoms with Crippen molar-refractivity contribution in [2.75, 3.05) is 6.54 Å². The lowest BCUT2D eigenvalue weighted by Crippen LogP contribution is -2.21. The molecule has 0 aliphatic carbocycles. The molecule has 0 saturated heterocycles. The highest BCUT2D eigenvalue weighted by Crippen LogP contribution is 2.33. The summed E-state index contributed by atoms with van der Waals surface area (Å²) in [5, 5.41) is 3.35. The highest BCUT2D eigenvalue weighted by atomic mass is 32.1. The fourth-order valence-corrected chi connectivity index (χ4v) is 3.21. The van der Waals surface area contributed by atoms with Crippen molar-refractivity contribution >= 4 is 11.3 Å². The van der Waals surface area contributed by atoms with Crippen LogP contribution in [0.4, 0.5) is 4.39 Å². The Balaban J connectivity index is 2.03. The molecule has 0 unspecified atom stereocenters. The molecule has 1 aliphatic rings. The number of hydrogen-bond donors (Lipinski definition) is 1. The lowest BCUT2D eigenvalue weighted by atomic mass is 10.1. The van der Waals surface area contributed by atoms with Crippen LogP contribution in [0.2, 0.25) is 0 Å². The lowest BCUT2D eigenvalue weighted by Gasteiger charge is -2.10. The van der Waals surface area contributed by atoms with Crippen LogP contribution >= 0.6 is 11.3 Å². The first-order valence-corrected chi connectivity index (χ1v) is 6.23. The maximum Gasteiger partial charge on any atom is 0.123 e. The van der Waals surface area contributed by atoms with Crippen LogP contribution in [0.3, 0.4) is 0 Å². The van der Waals surface area contributed by atoms with Gasteiger partial charge < -0.3 is 5.32 Å². The number of halogens is 1. The summed E-state index contributed by atoms with van der Waals surface area (Å²) < 4.78 is 13.1. The van der Waals surface area contributed by atoms with Crippen molar-refractivity contribution in [3.05, 3.63) is 46.6 Å². The van der Waals surface area contributed by atoms with Gasteiger partial charge in [-0.05, 0) is 42.3 Å². The Morgan fingerprint density at radius 3 is 3.00 bits per heavy atom. The molecule has 0 bridgehead atoms. The molecule has 1 nitrogen and oxygen atoms in total. The zero-order valence-electron chi connectivity index (χ0n) is 8.79. The average molecular weight is 233 g/mol. The van der Waals surface area contributed by atoms with Gasteiger partial charge in [0.1, 0.15) is 5.82 Å². The van der Waals surface area contributed by atoms with Crippen LogP contribution in [-0.4, -0.2) is 6.54 Å². The summed E-state index contributed by atoms with van der Waals surface area (Å²) in [6.07, 6.45) is 1.08. The molecule has 3 heteroatoms. The van der Waals surface area contributed by atoms with E-state index >= 15 is 0 Å². The van der Waals surface area contributed by atoms with Gasteiger partial charge in [0, 0.05) is 16.3 Å². The van der Waals surface area contributed by atoms with Crippen LogP contribution in [0.25, 0.3) is 10.4 Å². The number of nitrogens with one attached hydrogen (secondary N) is 1. The molecule has 0 amide bonds. The van der Waals surface area contributed by atoms with Crippen molar-refractivity contribution in [3.8, 4) is 10.4 Å². The maximum absolute atomic E-state index is 13.1. The summed E-state index contributed by atoms with van der Waals surface area (Å²) >= 11 is 1.77. The van der Waals surface area contributed by atoms with Gasteiger partial charge in [-0.3, -0.25) is 0 Å². The fourth-order valence-electron chi connectivity index (χ4n) is 2.04. The molecular weight excluding hydrogens is 221 g/mol. The van der Waals surface area contributed by atoms with E-state index < -0.39 is 0 Å². The lowest BCUT2D eigenvalue weighted by molar-refractivity contribution is 0.628. The van der Waals surface area contributed by atoms with Crippen LogP contribution in [0, 0.1) is 5.82 Å².